The van der Waals surface area contributed by atoms with Crippen LogP contribution < -0.4 is 11.5 Å². The van der Waals surface area contributed by atoms with Crippen LogP contribution in [-0.2, 0) is 4.79 Å². The number of rotatable bonds is 5. The first-order valence-electron chi connectivity index (χ1n) is 3.49. The largest absolute Gasteiger partial charge is 0.395 e. The normalized spacial score (nSPS) is 18.4. The zero-order valence-electron chi connectivity index (χ0n) is 6.55. The number of carbonyl (C=O) groups excluding carboxylic acids is 1. The molecule has 0 amide bonds. The predicted molar refractivity (Wildman–Crippen MR) is 47.9 cm³/mol. The zero-order valence-corrected chi connectivity index (χ0v) is 7.45. The van der Waals surface area contributed by atoms with Crippen molar-refractivity contribution in [3.8, 4) is 0 Å². The SMILES string of the molecule is NC(CS)C(=O)C(O)C(N)CO. The minimum absolute atomic E-state index is 0.147. The number of aliphatic hydroxyl groups excluding tert-OH is 2. The lowest BCUT2D eigenvalue weighted by Gasteiger charge is -2.17. The molecule has 0 aliphatic rings. The lowest BCUT2D eigenvalue weighted by Crippen LogP contribution is -2.50. The number of carbonyl (C=O) groups is 1. The van der Waals surface area contributed by atoms with Gasteiger partial charge in [0.1, 0.15) is 6.10 Å². The number of aliphatic hydroxyl groups is 2. The first kappa shape index (κ1) is 11.9. The molecule has 0 saturated heterocycles. The van der Waals surface area contributed by atoms with Crippen LogP contribution in [0.3, 0.4) is 0 Å². The van der Waals surface area contributed by atoms with E-state index in [-0.39, 0.29) is 5.75 Å². The second kappa shape index (κ2) is 5.50. The number of hydrogen-bond acceptors (Lipinski definition) is 6. The first-order valence-corrected chi connectivity index (χ1v) is 4.12. The van der Waals surface area contributed by atoms with E-state index < -0.39 is 30.6 Å². The standard InChI is InChI=1S/C6H14N2O3S/c7-3(1-9)5(10)6(11)4(8)2-12/h3-5,9-10,12H,1-2,7-8H2. The molecular formula is C6H14N2O3S. The van der Waals surface area contributed by atoms with Gasteiger partial charge >= 0.3 is 0 Å². The summed E-state index contributed by atoms with van der Waals surface area (Å²) in [7, 11) is 0. The van der Waals surface area contributed by atoms with Crippen molar-refractivity contribution in [2.45, 2.75) is 18.2 Å². The molecule has 0 rings (SSSR count). The van der Waals surface area contributed by atoms with E-state index in [1.165, 1.54) is 0 Å². The highest BCUT2D eigenvalue weighted by Crippen LogP contribution is 1.96. The van der Waals surface area contributed by atoms with Crippen LogP contribution in [0.15, 0.2) is 0 Å². The van der Waals surface area contributed by atoms with Crippen LogP contribution in [0.4, 0.5) is 0 Å². The van der Waals surface area contributed by atoms with Crippen molar-refractivity contribution < 1.29 is 15.0 Å². The van der Waals surface area contributed by atoms with Crippen molar-refractivity contribution >= 4 is 18.4 Å². The minimum Gasteiger partial charge on any atom is -0.395 e. The topological polar surface area (TPSA) is 110 Å². The van der Waals surface area contributed by atoms with Gasteiger partial charge in [-0.15, -0.1) is 0 Å². The summed E-state index contributed by atoms with van der Waals surface area (Å²) in [6.45, 7) is -0.452. The van der Waals surface area contributed by atoms with E-state index in [4.69, 9.17) is 21.7 Å². The molecule has 0 bridgehead atoms. The summed E-state index contributed by atoms with van der Waals surface area (Å²) >= 11 is 3.79. The van der Waals surface area contributed by atoms with Crippen LogP contribution in [-0.4, -0.2) is 46.5 Å². The second-order valence-corrected chi connectivity index (χ2v) is 2.85. The van der Waals surface area contributed by atoms with Crippen LogP contribution in [0, 0.1) is 0 Å². The Morgan fingerprint density at radius 3 is 2.33 bits per heavy atom. The van der Waals surface area contributed by atoms with Gasteiger partial charge in [0.25, 0.3) is 0 Å². The third kappa shape index (κ3) is 3.08. The van der Waals surface area contributed by atoms with Gasteiger partial charge in [-0.3, -0.25) is 4.79 Å². The molecule has 0 aliphatic carbocycles. The lowest BCUT2D eigenvalue weighted by molar-refractivity contribution is -0.129. The van der Waals surface area contributed by atoms with Gasteiger partial charge in [0.2, 0.25) is 0 Å². The van der Waals surface area contributed by atoms with E-state index in [0.29, 0.717) is 0 Å². The van der Waals surface area contributed by atoms with Crippen LogP contribution in [0.2, 0.25) is 0 Å². The van der Waals surface area contributed by atoms with Crippen molar-refractivity contribution in [3.63, 3.8) is 0 Å². The van der Waals surface area contributed by atoms with E-state index in [1.807, 2.05) is 0 Å². The summed E-state index contributed by atoms with van der Waals surface area (Å²) in [5.41, 5.74) is 10.5. The quantitative estimate of drug-likeness (QED) is 0.311. The molecule has 0 heterocycles. The smallest absolute Gasteiger partial charge is 0.180 e. The Morgan fingerprint density at radius 2 is 2.00 bits per heavy atom. The van der Waals surface area contributed by atoms with E-state index in [9.17, 15) is 4.79 Å². The summed E-state index contributed by atoms with van der Waals surface area (Å²) in [6.07, 6.45) is -1.41. The molecule has 3 unspecified atom stereocenters. The monoisotopic (exact) mass is 194 g/mol. The maximum Gasteiger partial charge on any atom is 0.180 e. The van der Waals surface area contributed by atoms with Crippen molar-refractivity contribution in [1.29, 1.82) is 0 Å². The summed E-state index contributed by atoms with van der Waals surface area (Å²) in [5, 5.41) is 17.7. The van der Waals surface area contributed by atoms with Gasteiger partial charge in [-0.1, -0.05) is 0 Å². The molecule has 72 valence electrons. The summed E-state index contributed by atoms with van der Waals surface area (Å²) in [4.78, 5) is 11.1. The summed E-state index contributed by atoms with van der Waals surface area (Å²) < 4.78 is 0. The van der Waals surface area contributed by atoms with Crippen molar-refractivity contribution in [1.82, 2.24) is 0 Å². The Bertz CT molecular complexity index is 156. The van der Waals surface area contributed by atoms with E-state index in [2.05, 4.69) is 12.6 Å². The Morgan fingerprint density at radius 1 is 1.50 bits per heavy atom. The van der Waals surface area contributed by atoms with Gasteiger partial charge in [-0.25, -0.2) is 0 Å². The van der Waals surface area contributed by atoms with Crippen LogP contribution in [0.1, 0.15) is 0 Å². The Labute approximate surface area is 76.1 Å². The van der Waals surface area contributed by atoms with Gasteiger partial charge in [0, 0.05) is 5.75 Å². The second-order valence-electron chi connectivity index (χ2n) is 2.48. The fourth-order valence-corrected chi connectivity index (χ4v) is 0.800. The number of Topliss-reactive ketones (excluding diaryl/α,β-unsaturated/α-hetero) is 1. The predicted octanol–water partition coefficient (Wildman–Crippen LogP) is -2.51. The van der Waals surface area contributed by atoms with Crippen molar-refractivity contribution in [2.75, 3.05) is 12.4 Å². The third-order valence-electron chi connectivity index (χ3n) is 1.47. The molecule has 0 aliphatic heterocycles. The number of ketones is 1. The van der Waals surface area contributed by atoms with Crippen molar-refractivity contribution in [2.24, 2.45) is 11.5 Å². The van der Waals surface area contributed by atoms with Gasteiger partial charge in [0.15, 0.2) is 5.78 Å². The summed E-state index contributed by atoms with van der Waals surface area (Å²) in [6, 6.07) is -1.80. The molecule has 3 atom stereocenters. The maximum atomic E-state index is 11.1. The van der Waals surface area contributed by atoms with E-state index in [0.717, 1.165) is 0 Å². The molecule has 0 aromatic carbocycles. The fraction of sp³-hybridized carbons (Fsp3) is 0.833. The van der Waals surface area contributed by atoms with E-state index >= 15 is 0 Å². The first-order chi connectivity index (χ1) is 5.54. The highest BCUT2D eigenvalue weighted by molar-refractivity contribution is 7.80. The third-order valence-corrected chi connectivity index (χ3v) is 1.86. The van der Waals surface area contributed by atoms with Crippen LogP contribution >= 0.6 is 12.6 Å². The van der Waals surface area contributed by atoms with Crippen LogP contribution in [0.25, 0.3) is 0 Å². The average Bonchev–Trinajstić information content (AvgIpc) is 2.12. The number of thiol groups is 1. The molecule has 0 aromatic rings. The zero-order chi connectivity index (χ0) is 9.72. The van der Waals surface area contributed by atoms with Gasteiger partial charge in [-0.2, -0.15) is 12.6 Å². The summed E-state index contributed by atoms with van der Waals surface area (Å²) in [5.74, 6) is -0.444. The Balaban J connectivity index is 4.09. The van der Waals surface area contributed by atoms with Crippen molar-refractivity contribution in [3.05, 3.63) is 0 Å². The minimum atomic E-state index is -1.41. The maximum absolute atomic E-state index is 11.1. The number of hydrogen-bond donors (Lipinski definition) is 5. The molecule has 0 saturated carbocycles. The highest BCUT2D eigenvalue weighted by atomic mass is 32.1. The average molecular weight is 194 g/mol. The molecule has 5 nitrogen and oxygen atoms in total. The van der Waals surface area contributed by atoms with Crippen LogP contribution in [0.5, 0.6) is 0 Å². The lowest BCUT2D eigenvalue weighted by atomic mass is 10.0. The van der Waals surface area contributed by atoms with Gasteiger partial charge in [-0.05, 0) is 0 Å². The molecular weight excluding hydrogens is 180 g/mol. The molecule has 0 aromatic heterocycles. The molecule has 0 radical (unpaired) electrons. The highest BCUT2D eigenvalue weighted by Gasteiger charge is 2.26. The molecule has 0 spiro atoms. The fourth-order valence-electron chi connectivity index (χ4n) is 0.620. The molecule has 0 fully saturated rings. The van der Waals surface area contributed by atoms with Gasteiger partial charge in [0.05, 0.1) is 18.7 Å². The van der Waals surface area contributed by atoms with Gasteiger partial charge < -0.3 is 21.7 Å². The molecule has 12 heavy (non-hydrogen) atoms. The number of nitrogens with two attached hydrogens (primary N) is 2. The Kier molecular flexibility index (Phi) is 5.43. The Hall–Kier alpha value is -0.140. The van der Waals surface area contributed by atoms with E-state index in [1.54, 1.807) is 0 Å². The molecule has 6 N–H and O–H groups in total. The molecule has 6 heteroatoms.